The van der Waals surface area contributed by atoms with Gasteiger partial charge in [0.2, 0.25) is 5.91 Å². The lowest BCUT2D eigenvalue weighted by molar-refractivity contribution is -0.113. The molecule has 0 atom stereocenters. The summed E-state index contributed by atoms with van der Waals surface area (Å²) < 4.78 is 1.97. The molecule has 150 valence electrons. The van der Waals surface area contributed by atoms with Gasteiger partial charge in [0.15, 0.2) is 5.65 Å². The highest BCUT2D eigenvalue weighted by atomic mass is 32.2. The van der Waals surface area contributed by atoms with E-state index in [4.69, 9.17) is 0 Å². The number of hydrogen-bond acceptors (Lipinski definition) is 4. The van der Waals surface area contributed by atoms with Crippen LogP contribution < -0.4 is 5.32 Å². The van der Waals surface area contributed by atoms with Gasteiger partial charge in [-0.2, -0.15) is 5.26 Å². The van der Waals surface area contributed by atoms with E-state index in [1.54, 1.807) is 0 Å². The fraction of sp³-hybridized carbons (Fsp3) is 0.208. The van der Waals surface area contributed by atoms with Crippen molar-refractivity contribution in [1.29, 1.82) is 5.26 Å². The molecular weight excluding hydrogens is 392 g/mol. The van der Waals surface area contributed by atoms with Gasteiger partial charge < -0.3 is 5.32 Å². The van der Waals surface area contributed by atoms with Gasteiger partial charge in [-0.1, -0.05) is 41.6 Å². The summed E-state index contributed by atoms with van der Waals surface area (Å²) in [5.74, 6) is 0.203. The van der Waals surface area contributed by atoms with E-state index in [1.165, 1.54) is 17.3 Å². The van der Waals surface area contributed by atoms with Crippen molar-refractivity contribution in [2.24, 2.45) is 0 Å². The van der Waals surface area contributed by atoms with Gasteiger partial charge in [0.25, 0.3) is 0 Å². The number of nitrogens with zero attached hydrogens (tertiary/aromatic N) is 3. The largest absolute Gasteiger partial charge is 0.325 e. The second kappa shape index (κ2) is 7.85. The monoisotopic (exact) mass is 414 g/mol. The Hall–Kier alpha value is -3.30. The van der Waals surface area contributed by atoms with E-state index in [0.29, 0.717) is 11.2 Å². The highest BCUT2D eigenvalue weighted by Crippen LogP contribution is 2.30. The number of aryl methyl sites for hydroxylation is 4. The smallest absolute Gasteiger partial charge is 0.234 e. The van der Waals surface area contributed by atoms with Crippen LogP contribution in [0, 0.1) is 39.0 Å². The molecule has 4 rings (SSSR count). The lowest BCUT2D eigenvalue weighted by atomic mass is 10.1. The van der Waals surface area contributed by atoms with E-state index in [0.717, 1.165) is 38.4 Å². The first-order valence-corrected chi connectivity index (χ1v) is 10.7. The van der Waals surface area contributed by atoms with Crippen LogP contribution in [0.25, 0.3) is 16.7 Å². The Labute approximate surface area is 179 Å². The Balaban J connectivity index is 1.66. The minimum atomic E-state index is -0.0605. The predicted molar refractivity (Wildman–Crippen MR) is 122 cm³/mol. The topological polar surface area (TPSA) is 70.2 Å². The number of nitriles is 1. The van der Waals surface area contributed by atoms with Crippen molar-refractivity contribution >= 4 is 40.0 Å². The number of para-hydroxylation sites is 2. The molecule has 2 aromatic heterocycles. The van der Waals surface area contributed by atoms with E-state index >= 15 is 0 Å². The number of fused-ring (bicyclic) bond motifs is 3. The average Bonchev–Trinajstić information content (AvgIpc) is 3.08. The summed E-state index contributed by atoms with van der Waals surface area (Å²) in [6.07, 6.45) is 0. The first-order chi connectivity index (χ1) is 14.4. The van der Waals surface area contributed by atoms with E-state index in [2.05, 4.69) is 35.4 Å². The number of pyridine rings is 1. The molecule has 0 aliphatic carbocycles. The van der Waals surface area contributed by atoms with Crippen LogP contribution in [0.5, 0.6) is 0 Å². The zero-order chi connectivity index (χ0) is 21.4. The third-order valence-corrected chi connectivity index (χ3v) is 6.15. The van der Waals surface area contributed by atoms with Crippen molar-refractivity contribution in [3.63, 3.8) is 0 Å². The van der Waals surface area contributed by atoms with Gasteiger partial charge in [0.05, 0.1) is 27.4 Å². The Morgan fingerprint density at radius 2 is 1.80 bits per heavy atom. The lowest BCUT2D eigenvalue weighted by Crippen LogP contribution is -2.16. The summed E-state index contributed by atoms with van der Waals surface area (Å²) in [4.78, 5) is 17.4. The summed E-state index contributed by atoms with van der Waals surface area (Å²) >= 11 is 1.45. The first-order valence-electron chi connectivity index (χ1n) is 9.70. The van der Waals surface area contributed by atoms with Crippen molar-refractivity contribution < 1.29 is 4.79 Å². The van der Waals surface area contributed by atoms with Crippen LogP contribution in [0.4, 0.5) is 5.69 Å². The summed E-state index contributed by atoms with van der Waals surface area (Å²) in [5, 5.41) is 13.6. The molecule has 0 aliphatic heterocycles. The van der Waals surface area contributed by atoms with Crippen LogP contribution in [0.15, 0.2) is 47.5 Å². The second-order valence-corrected chi connectivity index (χ2v) is 8.52. The molecule has 0 bridgehead atoms. The molecule has 0 saturated heterocycles. The van der Waals surface area contributed by atoms with Crippen molar-refractivity contribution in [2.75, 3.05) is 11.1 Å². The maximum Gasteiger partial charge on any atom is 0.234 e. The van der Waals surface area contributed by atoms with Crippen molar-refractivity contribution in [2.45, 2.75) is 32.7 Å². The number of benzene rings is 2. The van der Waals surface area contributed by atoms with Crippen LogP contribution in [0.2, 0.25) is 0 Å². The van der Waals surface area contributed by atoms with Gasteiger partial charge in [-0.25, -0.2) is 4.98 Å². The van der Waals surface area contributed by atoms with Crippen molar-refractivity contribution in [3.8, 4) is 6.07 Å². The van der Waals surface area contributed by atoms with Crippen LogP contribution in [0.1, 0.15) is 27.8 Å². The summed E-state index contributed by atoms with van der Waals surface area (Å²) in [7, 11) is 0. The molecule has 2 aromatic carbocycles. The normalized spacial score (nSPS) is 11.0. The lowest BCUT2D eigenvalue weighted by Gasteiger charge is -2.13. The van der Waals surface area contributed by atoms with Gasteiger partial charge in [-0.15, -0.1) is 0 Å². The van der Waals surface area contributed by atoms with Crippen LogP contribution in [-0.4, -0.2) is 21.0 Å². The highest BCUT2D eigenvalue weighted by Gasteiger charge is 2.16. The average molecular weight is 415 g/mol. The standard InChI is InChI=1S/C24H22N4OS/c1-14-9-16(3)23(17(4)10-14)27-21(29)13-30-22-11-15(2)18(12-25)24-26-19-7-5-6-8-20(19)28(22)24/h5-11H,13H2,1-4H3,(H,27,29). The number of carbonyl (C=O) groups is 1. The van der Waals surface area contributed by atoms with Crippen LogP contribution in [0.3, 0.4) is 0 Å². The molecule has 1 amide bonds. The van der Waals surface area contributed by atoms with Gasteiger partial charge in [-0.05, 0) is 62.6 Å². The van der Waals surface area contributed by atoms with Gasteiger partial charge in [0.1, 0.15) is 6.07 Å². The maximum atomic E-state index is 12.7. The quantitative estimate of drug-likeness (QED) is 0.459. The number of anilines is 1. The molecule has 0 saturated carbocycles. The number of carbonyl (C=O) groups excluding carboxylic acids is 1. The highest BCUT2D eigenvalue weighted by molar-refractivity contribution is 7.99. The zero-order valence-corrected chi connectivity index (χ0v) is 18.2. The predicted octanol–water partition coefficient (Wildman–Crippen LogP) is 5.32. The Bertz CT molecular complexity index is 1320. The van der Waals surface area contributed by atoms with E-state index < -0.39 is 0 Å². The number of rotatable bonds is 4. The van der Waals surface area contributed by atoms with Crippen molar-refractivity contribution in [3.05, 3.63) is 70.3 Å². The maximum absolute atomic E-state index is 12.7. The molecule has 1 N–H and O–H groups in total. The Morgan fingerprint density at radius 1 is 1.10 bits per heavy atom. The second-order valence-electron chi connectivity index (χ2n) is 7.52. The molecule has 5 nitrogen and oxygen atoms in total. The fourth-order valence-corrected chi connectivity index (χ4v) is 4.78. The SMILES string of the molecule is Cc1cc(C)c(NC(=O)CSc2cc(C)c(C#N)c3nc4ccccc4n23)c(C)c1. The number of aromatic nitrogens is 2. The molecule has 30 heavy (non-hydrogen) atoms. The minimum Gasteiger partial charge on any atom is -0.325 e. The first kappa shape index (κ1) is 20.0. The molecule has 0 radical (unpaired) electrons. The molecule has 0 fully saturated rings. The van der Waals surface area contributed by atoms with Gasteiger partial charge in [-0.3, -0.25) is 9.20 Å². The third kappa shape index (κ3) is 3.53. The zero-order valence-electron chi connectivity index (χ0n) is 17.4. The molecule has 0 spiro atoms. The van der Waals surface area contributed by atoms with Gasteiger partial charge in [0, 0.05) is 5.69 Å². The summed E-state index contributed by atoms with van der Waals surface area (Å²) in [6, 6.07) is 16.2. The summed E-state index contributed by atoms with van der Waals surface area (Å²) in [6.45, 7) is 7.97. The Morgan fingerprint density at radius 3 is 2.50 bits per heavy atom. The number of nitrogens with one attached hydrogen (secondary N) is 1. The molecular formula is C24H22N4OS. The fourth-order valence-electron chi connectivity index (χ4n) is 3.85. The summed E-state index contributed by atoms with van der Waals surface area (Å²) in [5.41, 5.74) is 7.98. The molecule has 2 heterocycles. The molecule has 0 unspecified atom stereocenters. The van der Waals surface area contributed by atoms with Gasteiger partial charge >= 0.3 is 0 Å². The molecule has 6 heteroatoms. The number of amides is 1. The van der Waals surface area contributed by atoms with E-state index in [1.807, 2.05) is 55.5 Å². The number of thioether (sulfide) groups is 1. The molecule has 4 aromatic rings. The van der Waals surface area contributed by atoms with Crippen molar-refractivity contribution in [1.82, 2.24) is 9.38 Å². The number of hydrogen-bond donors (Lipinski definition) is 1. The number of imidazole rings is 1. The molecule has 0 aliphatic rings. The minimum absolute atomic E-state index is 0.0605. The van der Waals surface area contributed by atoms with E-state index in [-0.39, 0.29) is 11.7 Å². The third-order valence-electron chi connectivity index (χ3n) is 5.14. The van der Waals surface area contributed by atoms with Crippen LogP contribution in [-0.2, 0) is 4.79 Å². The van der Waals surface area contributed by atoms with Crippen LogP contribution >= 0.6 is 11.8 Å². The Kier molecular flexibility index (Phi) is 5.23. The van der Waals surface area contributed by atoms with E-state index in [9.17, 15) is 10.1 Å².